The van der Waals surface area contributed by atoms with Crippen LogP contribution in [0.2, 0.25) is 0 Å². The summed E-state index contributed by atoms with van der Waals surface area (Å²) in [5.41, 5.74) is 1.78. The molecule has 2 rings (SSSR count). The van der Waals surface area contributed by atoms with Crippen molar-refractivity contribution in [1.29, 1.82) is 0 Å². The van der Waals surface area contributed by atoms with Crippen molar-refractivity contribution < 1.29 is 4.74 Å². The number of nitrogens with zero attached hydrogens (tertiary/aromatic N) is 4. The molecule has 0 aliphatic heterocycles. The van der Waals surface area contributed by atoms with Crippen molar-refractivity contribution >= 4 is 5.82 Å². The van der Waals surface area contributed by atoms with Crippen LogP contribution in [-0.4, -0.2) is 33.4 Å². The summed E-state index contributed by atoms with van der Waals surface area (Å²) in [6.45, 7) is 7.65. The highest BCUT2D eigenvalue weighted by Crippen LogP contribution is 2.19. The first kappa shape index (κ1) is 15.4. The van der Waals surface area contributed by atoms with E-state index >= 15 is 0 Å². The zero-order valence-corrected chi connectivity index (χ0v) is 13.1. The Balaban J connectivity index is 2.33. The lowest BCUT2D eigenvalue weighted by atomic mass is 10.3. The van der Waals surface area contributed by atoms with Gasteiger partial charge in [-0.25, -0.2) is 9.97 Å². The largest absolute Gasteiger partial charge is 0.378 e. The average Bonchev–Trinajstić information content (AvgIpc) is 2.95. The van der Waals surface area contributed by atoms with Crippen molar-refractivity contribution in [1.82, 2.24) is 19.7 Å². The molecule has 0 spiro atoms. The van der Waals surface area contributed by atoms with Gasteiger partial charge in [0.05, 0.1) is 24.1 Å². The van der Waals surface area contributed by atoms with Crippen LogP contribution in [-0.2, 0) is 11.3 Å². The van der Waals surface area contributed by atoms with Crippen LogP contribution < -0.4 is 5.32 Å². The molecule has 0 aliphatic carbocycles. The molecule has 0 unspecified atom stereocenters. The molecule has 0 amide bonds. The third-order valence-electron chi connectivity index (χ3n) is 3.02. The maximum atomic E-state index is 5.18. The van der Waals surface area contributed by atoms with Gasteiger partial charge in [0.15, 0.2) is 5.82 Å². The Morgan fingerprint density at radius 1 is 1.33 bits per heavy atom. The van der Waals surface area contributed by atoms with Crippen LogP contribution in [0.1, 0.15) is 38.9 Å². The van der Waals surface area contributed by atoms with Crippen LogP contribution in [0.25, 0.3) is 11.4 Å². The molecule has 2 aromatic rings. The summed E-state index contributed by atoms with van der Waals surface area (Å²) < 4.78 is 7.09. The van der Waals surface area contributed by atoms with Crippen LogP contribution in [0.4, 0.5) is 5.82 Å². The van der Waals surface area contributed by atoms with Gasteiger partial charge in [0, 0.05) is 32.0 Å². The molecule has 6 nitrogen and oxygen atoms in total. The molecule has 21 heavy (non-hydrogen) atoms. The Morgan fingerprint density at radius 3 is 2.76 bits per heavy atom. The normalized spacial score (nSPS) is 11.1. The smallest absolute Gasteiger partial charge is 0.165 e. The summed E-state index contributed by atoms with van der Waals surface area (Å²) in [4.78, 5) is 9.11. The lowest BCUT2D eigenvalue weighted by molar-refractivity contribution is 0.181. The van der Waals surface area contributed by atoms with E-state index < -0.39 is 0 Å². The summed E-state index contributed by atoms with van der Waals surface area (Å²) in [5, 5.41) is 7.64. The minimum absolute atomic E-state index is 0.318. The van der Waals surface area contributed by atoms with Gasteiger partial charge >= 0.3 is 0 Å². The van der Waals surface area contributed by atoms with Crippen LogP contribution in [0.3, 0.4) is 0 Å². The fourth-order valence-corrected chi connectivity index (χ4v) is 1.93. The predicted molar refractivity (Wildman–Crippen MR) is 83.1 cm³/mol. The molecule has 0 saturated carbocycles. The van der Waals surface area contributed by atoms with Gasteiger partial charge in [-0.2, -0.15) is 5.10 Å². The van der Waals surface area contributed by atoms with Crippen molar-refractivity contribution in [2.75, 3.05) is 19.0 Å². The number of nitrogens with one attached hydrogen (secondary N) is 1. The summed E-state index contributed by atoms with van der Waals surface area (Å²) in [5.74, 6) is 1.50. The van der Waals surface area contributed by atoms with E-state index in [1.165, 1.54) is 0 Å². The molecule has 0 fully saturated rings. The van der Waals surface area contributed by atoms with E-state index in [4.69, 9.17) is 4.74 Å². The van der Waals surface area contributed by atoms with Gasteiger partial charge in [0.1, 0.15) is 5.82 Å². The molecule has 0 atom stereocenters. The topological polar surface area (TPSA) is 64.9 Å². The van der Waals surface area contributed by atoms with Gasteiger partial charge in [-0.3, -0.25) is 4.68 Å². The molecular formula is C15H23N5O. The number of methoxy groups -OCH3 is 1. The highest BCUT2D eigenvalue weighted by atomic mass is 16.5. The van der Waals surface area contributed by atoms with Crippen LogP contribution >= 0.6 is 0 Å². The highest BCUT2D eigenvalue weighted by molar-refractivity contribution is 5.55. The fourth-order valence-electron chi connectivity index (χ4n) is 1.93. The van der Waals surface area contributed by atoms with E-state index in [1.807, 2.05) is 16.9 Å². The lowest BCUT2D eigenvalue weighted by Gasteiger charge is -2.08. The minimum Gasteiger partial charge on any atom is -0.378 e. The van der Waals surface area contributed by atoms with Crippen LogP contribution in [0, 0.1) is 0 Å². The Hall–Kier alpha value is -1.95. The van der Waals surface area contributed by atoms with Gasteiger partial charge in [0.25, 0.3) is 0 Å². The first-order chi connectivity index (χ1) is 10.1. The van der Waals surface area contributed by atoms with Crippen molar-refractivity contribution in [3.05, 3.63) is 24.2 Å². The van der Waals surface area contributed by atoms with Crippen molar-refractivity contribution in [3.8, 4) is 11.4 Å². The third-order valence-corrected chi connectivity index (χ3v) is 3.02. The predicted octanol–water partition coefficient (Wildman–Crippen LogP) is 2.89. The molecule has 0 aliphatic rings. The number of rotatable bonds is 7. The molecule has 114 valence electrons. The number of ether oxygens (including phenoxy) is 1. The second kappa shape index (κ2) is 7.17. The lowest BCUT2D eigenvalue weighted by Crippen LogP contribution is -2.06. The van der Waals surface area contributed by atoms with E-state index in [-0.39, 0.29) is 0 Å². The number of aromatic nitrogens is 4. The molecule has 0 saturated heterocycles. The van der Waals surface area contributed by atoms with E-state index in [0.717, 1.165) is 30.0 Å². The van der Waals surface area contributed by atoms with Gasteiger partial charge in [0.2, 0.25) is 0 Å². The van der Waals surface area contributed by atoms with Crippen LogP contribution in [0.15, 0.2) is 18.5 Å². The monoisotopic (exact) mass is 289 g/mol. The molecule has 0 bridgehead atoms. The zero-order chi connectivity index (χ0) is 15.2. The summed E-state index contributed by atoms with van der Waals surface area (Å²) in [6, 6.07) is 2.24. The highest BCUT2D eigenvalue weighted by Gasteiger charge is 2.10. The Morgan fingerprint density at radius 2 is 2.14 bits per heavy atom. The zero-order valence-electron chi connectivity index (χ0n) is 13.1. The Bertz CT molecular complexity index is 579. The fraction of sp³-hybridized carbons (Fsp3) is 0.533. The summed E-state index contributed by atoms with van der Waals surface area (Å²) in [7, 11) is 1.66. The van der Waals surface area contributed by atoms with Gasteiger partial charge in [-0.1, -0.05) is 6.92 Å². The van der Waals surface area contributed by atoms with Crippen molar-refractivity contribution in [3.63, 3.8) is 0 Å². The molecule has 0 aromatic carbocycles. The Kier molecular flexibility index (Phi) is 5.27. The van der Waals surface area contributed by atoms with Gasteiger partial charge in [-0.15, -0.1) is 0 Å². The van der Waals surface area contributed by atoms with Crippen molar-refractivity contribution in [2.24, 2.45) is 0 Å². The number of hydrogen-bond donors (Lipinski definition) is 1. The first-order valence-corrected chi connectivity index (χ1v) is 7.29. The second-order valence-electron chi connectivity index (χ2n) is 5.23. The average molecular weight is 289 g/mol. The maximum absolute atomic E-state index is 5.18. The van der Waals surface area contributed by atoms with Crippen LogP contribution in [0.5, 0.6) is 0 Å². The van der Waals surface area contributed by atoms with Gasteiger partial charge in [-0.05, 0) is 20.3 Å². The molecule has 2 aromatic heterocycles. The van der Waals surface area contributed by atoms with E-state index in [1.54, 1.807) is 13.3 Å². The summed E-state index contributed by atoms with van der Waals surface area (Å²) in [6.07, 6.45) is 4.82. The first-order valence-electron chi connectivity index (χ1n) is 7.29. The minimum atomic E-state index is 0.318. The SMILES string of the molecule is CCCNc1cc(COC)nc(-c2cnn(C(C)C)c2)n1. The van der Waals surface area contributed by atoms with E-state index in [2.05, 4.69) is 41.2 Å². The second-order valence-corrected chi connectivity index (χ2v) is 5.23. The number of hydrogen-bond acceptors (Lipinski definition) is 5. The quantitative estimate of drug-likeness (QED) is 0.849. The maximum Gasteiger partial charge on any atom is 0.165 e. The van der Waals surface area contributed by atoms with Gasteiger partial charge < -0.3 is 10.1 Å². The molecule has 6 heteroatoms. The van der Waals surface area contributed by atoms with E-state index in [9.17, 15) is 0 Å². The standard InChI is InChI=1S/C15H23N5O/c1-5-6-16-14-7-13(10-21-4)18-15(19-14)12-8-17-20(9-12)11(2)3/h7-9,11H,5-6,10H2,1-4H3,(H,16,18,19). The third kappa shape index (κ3) is 4.01. The summed E-state index contributed by atoms with van der Waals surface area (Å²) >= 11 is 0. The van der Waals surface area contributed by atoms with Crippen molar-refractivity contribution in [2.45, 2.75) is 39.8 Å². The molecule has 2 heterocycles. The number of anilines is 1. The molecule has 0 radical (unpaired) electrons. The molecular weight excluding hydrogens is 266 g/mol. The van der Waals surface area contributed by atoms with E-state index in [0.29, 0.717) is 18.5 Å². The molecule has 1 N–H and O–H groups in total. The Labute approximate surface area is 125 Å².